The van der Waals surface area contributed by atoms with Crippen molar-refractivity contribution in [1.82, 2.24) is 10.2 Å². The number of hydrogen-bond acceptors (Lipinski definition) is 5. The van der Waals surface area contributed by atoms with E-state index in [-0.39, 0.29) is 17.3 Å². The lowest BCUT2D eigenvalue weighted by Gasteiger charge is -2.32. The van der Waals surface area contributed by atoms with E-state index in [4.69, 9.17) is 4.74 Å². The molecule has 0 radical (unpaired) electrons. The summed E-state index contributed by atoms with van der Waals surface area (Å²) >= 11 is 6.76. The normalized spacial score (nSPS) is 11.9. The maximum atomic E-state index is 13.9. The number of anilines is 1. The van der Waals surface area contributed by atoms with Crippen molar-refractivity contribution in [2.24, 2.45) is 0 Å². The molecular formula is C28H31Br2N3O5S. The quantitative estimate of drug-likeness (QED) is 0.298. The Hall–Kier alpha value is -2.89. The zero-order valence-corrected chi connectivity index (χ0v) is 26.1. The van der Waals surface area contributed by atoms with Crippen molar-refractivity contribution in [2.75, 3.05) is 24.5 Å². The molecule has 208 valence electrons. The first-order valence-electron chi connectivity index (χ1n) is 12.2. The van der Waals surface area contributed by atoms with Gasteiger partial charge in [0.1, 0.15) is 18.3 Å². The third-order valence-electron chi connectivity index (χ3n) is 6.10. The summed E-state index contributed by atoms with van der Waals surface area (Å²) in [4.78, 5) is 28.0. The molecule has 2 amide bonds. The number of amides is 2. The zero-order chi connectivity index (χ0) is 28.7. The molecule has 39 heavy (non-hydrogen) atoms. The lowest BCUT2D eigenvalue weighted by atomic mass is 10.1. The van der Waals surface area contributed by atoms with E-state index in [0.29, 0.717) is 22.5 Å². The molecule has 0 heterocycles. The van der Waals surface area contributed by atoms with Gasteiger partial charge in [0.05, 0.1) is 22.2 Å². The smallest absolute Gasteiger partial charge is 0.264 e. The SMILES string of the molecule is CCNC(=O)C(C)N(Cc1ccc(Br)cc1)C(=O)CN(c1ccc(C)cc1)S(=O)(=O)c1ccc(OC)c(Br)c1. The second-order valence-electron chi connectivity index (χ2n) is 8.86. The van der Waals surface area contributed by atoms with Gasteiger partial charge in [-0.05, 0) is 84.7 Å². The van der Waals surface area contributed by atoms with Crippen molar-refractivity contribution in [2.45, 2.75) is 38.3 Å². The van der Waals surface area contributed by atoms with Crippen LogP contribution in [-0.2, 0) is 26.2 Å². The van der Waals surface area contributed by atoms with Crippen LogP contribution in [0.3, 0.4) is 0 Å². The molecule has 0 aliphatic carbocycles. The van der Waals surface area contributed by atoms with E-state index >= 15 is 0 Å². The highest BCUT2D eigenvalue weighted by Crippen LogP contribution is 2.31. The number of carbonyl (C=O) groups is 2. The maximum absolute atomic E-state index is 13.9. The highest BCUT2D eigenvalue weighted by Gasteiger charge is 2.32. The van der Waals surface area contributed by atoms with Gasteiger partial charge < -0.3 is 15.0 Å². The van der Waals surface area contributed by atoms with Crippen molar-refractivity contribution >= 4 is 59.4 Å². The third kappa shape index (κ3) is 7.61. The summed E-state index contributed by atoms with van der Waals surface area (Å²) in [5.41, 5.74) is 2.07. The highest BCUT2D eigenvalue weighted by molar-refractivity contribution is 9.10. The molecular weight excluding hydrogens is 650 g/mol. The van der Waals surface area contributed by atoms with Crippen LogP contribution in [0.25, 0.3) is 0 Å². The highest BCUT2D eigenvalue weighted by atomic mass is 79.9. The third-order valence-corrected chi connectivity index (χ3v) is 9.01. The lowest BCUT2D eigenvalue weighted by molar-refractivity contribution is -0.139. The van der Waals surface area contributed by atoms with E-state index in [1.54, 1.807) is 44.2 Å². The van der Waals surface area contributed by atoms with Crippen LogP contribution in [0.15, 0.2) is 80.6 Å². The number of halogens is 2. The Balaban J connectivity index is 2.04. The van der Waals surface area contributed by atoms with Crippen LogP contribution in [0, 0.1) is 6.92 Å². The van der Waals surface area contributed by atoms with Crippen molar-refractivity contribution in [3.8, 4) is 5.75 Å². The Morgan fingerprint density at radius 3 is 2.21 bits per heavy atom. The van der Waals surface area contributed by atoms with Gasteiger partial charge in [0.15, 0.2) is 0 Å². The topological polar surface area (TPSA) is 96.0 Å². The van der Waals surface area contributed by atoms with Crippen molar-refractivity contribution in [3.05, 3.63) is 86.8 Å². The summed E-state index contributed by atoms with van der Waals surface area (Å²) in [5, 5.41) is 2.75. The Morgan fingerprint density at radius 2 is 1.64 bits per heavy atom. The van der Waals surface area contributed by atoms with Crippen molar-refractivity contribution in [1.29, 1.82) is 0 Å². The summed E-state index contributed by atoms with van der Waals surface area (Å²) in [5.74, 6) is -0.372. The average molecular weight is 681 g/mol. The fraction of sp³-hybridized carbons (Fsp3) is 0.286. The Morgan fingerprint density at radius 1 is 1.00 bits per heavy atom. The summed E-state index contributed by atoms with van der Waals surface area (Å²) in [6.45, 7) is 5.34. The predicted octanol–water partition coefficient (Wildman–Crippen LogP) is 5.28. The van der Waals surface area contributed by atoms with Crippen LogP contribution >= 0.6 is 31.9 Å². The average Bonchev–Trinajstić information content (AvgIpc) is 2.91. The number of ether oxygens (including phenoxy) is 1. The van der Waals surface area contributed by atoms with E-state index in [1.807, 2.05) is 31.2 Å². The number of benzene rings is 3. The molecule has 0 aromatic heterocycles. The Bertz CT molecular complexity index is 1410. The first kappa shape index (κ1) is 30.6. The summed E-state index contributed by atoms with van der Waals surface area (Å²) in [7, 11) is -2.70. The minimum Gasteiger partial charge on any atom is -0.496 e. The van der Waals surface area contributed by atoms with Crippen molar-refractivity contribution in [3.63, 3.8) is 0 Å². The molecule has 0 aliphatic heterocycles. The summed E-state index contributed by atoms with van der Waals surface area (Å²) in [6, 6.07) is 17.8. The first-order valence-corrected chi connectivity index (χ1v) is 15.2. The monoisotopic (exact) mass is 679 g/mol. The number of aryl methyl sites for hydroxylation is 1. The molecule has 3 aromatic rings. The van der Waals surface area contributed by atoms with Crippen LogP contribution in [-0.4, -0.2) is 51.4 Å². The lowest BCUT2D eigenvalue weighted by Crippen LogP contribution is -2.51. The second-order valence-corrected chi connectivity index (χ2v) is 12.5. The molecule has 11 heteroatoms. The van der Waals surface area contributed by atoms with Gasteiger partial charge in [0, 0.05) is 17.6 Å². The molecule has 1 atom stereocenters. The van der Waals surface area contributed by atoms with Crippen LogP contribution < -0.4 is 14.4 Å². The van der Waals surface area contributed by atoms with E-state index in [9.17, 15) is 18.0 Å². The molecule has 8 nitrogen and oxygen atoms in total. The van der Waals surface area contributed by atoms with Crippen LogP contribution in [0.4, 0.5) is 5.69 Å². The zero-order valence-electron chi connectivity index (χ0n) is 22.1. The van der Waals surface area contributed by atoms with Gasteiger partial charge in [0.2, 0.25) is 11.8 Å². The minimum atomic E-state index is -4.18. The standard InChI is InChI=1S/C28H31Br2N3O5S/c1-5-31-28(35)20(3)32(17-21-8-10-22(29)11-9-21)27(34)18-33(23-12-6-19(2)7-13-23)39(36,37)24-14-15-26(38-4)25(30)16-24/h6-16,20H,5,17-18H2,1-4H3,(H,31,35). The molecule has 0 fully saturated rings. The van der Waals surface area contributed by atoms with Gasteiger partial charge in [-0.1, -0.05) is 45.8 Å². The van der Waals surface area contributed by atoms with Gasteiger partial charge in [-0.2, -0.15) is 0 Å². The molecule has 3 aromatic carbocycles. The van der Waals surface area contributed by atoms with Gasteiger partial charge in [0.25, 0.3) is 10.0 Å². The van der Waals surface area contributed by atoms with Crippen LogP contribution in [0.1, 0.15) is 25.0 Å². The van der Waals surface area contributed by atoms with E-state index < -0.39 is 28.5 Å². The number of rotatable bonds is 11. The number of carbonyl (C=O) groups excluding carboxylic acids is 2. The molecule has 0 spiro atoms. The largest absolute Gasteiger partial charge is 0.496 e. The molecule has 3 rings (SSSR count). The Labute approximate surface area is 246 Å². The van der Waals surface area contributed by atoms with Crippen molar-refractivity contribution < 1.29 is 22.7 Å². The number of nitrogens with zero attached hydrogens (tertiary/aromatic N) is 2. The van der Waals surface area contributed by atoms with Crippen LogP contribution in [0.5, 0.6) is 5.75 Å². The second kappa shape index (κ2) is 13.5. The van der Waals surface area contributed by atoms with Gasteiger partial charge in [-0.25, -0.2) is 8.42 Å². The van der Waals surface area contributed by atoms with E-state index in [1.165, 1.54) is 24.1 Å². The van der Waals surface area contributed by atoms with Crippen LogP contribution in [0.2, 0.25) is 0 Å². The molecule has 0 aliphatic rings. The minimum absolute atomic E-state index is 0.0141. The number of sulfonamides is 1. The Kier molecular flexibility index (Phi) is 10.6. The fourth-order valence-electron chi connectivity index (χ4n) is 3.87. The van der Waals surface area contributed by atoms with Gasteiger partial charge in [-0.15, -0.1) is 0 Å². The maximum Gasteiger partial charge on any atom is 0.264 e. The molecule has 1 N–H and O–H groups in total. The van der Waals surface area contributed by atoms with Gasteiger partial charge in [-0.3, -0.25) is 13.9 Å². The fourth-order valence-corrected chi connectivity index (χ4v) is 6.26. The summed E-state index contributed by atoms with van der Waals surface area (Å²) in [6.07, 6.45) is 0. The number of likely N-dealkylation sites (N-methyl/N-ethyl adjacent to an activating group) is 1. The first-order chi connectivity index (χ1) is 18.5. The number of hydrogen-bond donors (Lipinski definition) is 1. The molecule has 0 saturated heterocycles. The van der Waals surface area contributed by atoms with E-state index in [0.717, 1.165) is 19.9 Å². The number of nitrogens with one attached hydrogen (secondary N) is 1. The van der Waals surface area contributed by atoms with Gasteiger partial charge >= 0.3 is 0 Å². The molecule has 1 unspecified atom stereocenters. The van der Waals surface area contributed by atoms with E-state index in [2.05, 4.69) is 37.2 Å². The summed E-state index contributed by atoms with van der Waals surface area (Å²) < 4.78 is 35.5. The molecule has 0 saturated carbocycles. The number of methoxy groups -OCH3 is 1. The molecule has 0 bridgehead atoms. The predicted molar refractivity (Wildman–Crippen MR) is 159 cm³/mol.